The van der Waals surface area contributed by atoms with Gasteiger partial charge < -0.3 is 9.47 Å². The van der Waals surface area contributed by atoms with Crippen LogP contribution >= 0.6 is 11.3 Å². The zero-order chi connectivity index (χ0) is 18.0. The SMILES string of the molecule is O=C(OCc1nc2c(s1)CC(F)(F)CC2)Oc1ccc([N+](=O)[O-])cc1. The van der Waals surface area contributed by atoms with Crippen LogP contribution in [0.25, 0.3) is 0 Å². The van der Waals surface area contributed by atoms with Gasteiger partial charge in [-0.1, -0.05) is 0 Å². The molecule has 2 aromatic rings. The van der Waals surface area contributed by atoms with Crippen molar-refractivity contribution in [1.82, 2.24) is 4.98 Å². The molecular formula is C15H12F2N2O5S. The number of carbonyl (C=O) groups excluding carboxylic acids is 1. The van der Waals surface area contributed by atoms with E-state index in [-0.39, 0.29) is 37.3 Å². The summed E-state index contributed by atoms with van der Waals surface area (Å²) in [5.41, 5.74) is 0.490. The molecule has 0 bridgehead atoms. The molecule has 1 aromatic carbocycles. The van der Waals surface area contributed by atoms with E-state index in [4.69, 9.17) is 9.47 Å². The van der Waals surface area contributed by atoms with E-state index >= 15 is 0 Å². The van der Waals surface area contributed by atoms with Gasteiger partial charge in [0.1, 0.15) is 17.4 Å². The predicted octanol–water partition coefficient (Wildman–Crippen LogP) is 3.89. The fourth-order valence-corrected chi connectivity index (χ4v) is 3.45. The summed E-state index contributed by atoms with van der Waals surface area (Å²) in [5.74, 6) is -2.62. The lowest BCUT2D eigenvalue weighted by atomic mass is 9.99. The molecule has 0 aliphatic heterocycles. The van der Waals surface area contributed by atoms with Crippen molar-refractivity contribution in [3.63, 3.8) is 0 Å². The fraction of sp³-hybridized carbons (Fsp3) is 0.333. The number of fused-ring (bicyclic) bond motifs is 1. The summed E-state index contributed by atoms with van der Waals surface area (Å²) in [6.07, 6.45) is -1.38. The first kappa shape index (κ1) is 17.2. The second-order valence-electron chi connectivity index (χ2n) is 5.40. The fourth-order valence-electron chi connectivity index (χ4n) is 2.34. The van der Waals surface area contributed by atoms with Crippen molar-refractivity contribution in [3.05, 3.63) is 50.0 Å². The molecule has 0 spiro atoms. The summed E-state index contributed by atoms with van der Waals surface area (Å²) in [6.45, 7) is -0.185. The molecular weight excluding hydrogens is 358 g/mol. The molecule has 0 atom stereocenters. The highest BCUT2D eigenvalue weighted by Gasteiger charge is 2.36. The maximum atomic E-state index is 13.4. The summed E-state index contributed by atoms with van der Waals surface area (Å²) < 4.78 is 36.5. The van der Waals surface area contributed by atoms with Crippen molar-refractivity contribution >= 4 is 23.2 Å². The van der Waals surface area contributed by atoms with Crippen LogP contribution in [0.2, 0.25) is 0 Å². The molecule has 0 amide bonds. The molecule has 1 aliphatic rings. The molecule has 0 N–H and O–H groups in total. The second kappa shape index (κ2) is 6.71. The summed E-state index contributed by atoms with van der Waals surface area (Å²) >= 11 is 1.09. The van der Waals surface area contributed by atoms with Gasteiger partial charge in [-0.2, -0.15) is 0 Å². The highest BCUT2D eigenvalue weighted by atomic mass is 32.1. The van der Waals surface area contributed by atoms with E-state index in [9.17, 15) is 23.7 Å². The Morgan fingerprint density at radius 3 is 2.76 bits per heavy atom. The number of halogens is 2. The van der Waals surface area contributed by atoms with Crippen molar-refractivity contribution in [1.29, 1.82) is 0 Å². The van der Waals surface area contributed by atoms with Gasteiger partial charge in [-0.15, -0.1) is 11.3 Å². The first-order chi connectivity index (χ1) is 11.8. The number of aromatic nitrogens is 1. The maximum absolute atomic E-state index is 13.4. The normalized spacial score (nSPS) is 15.3. The summed E-state index contributed by atoms with van der Waals surface area (Å²) in [7, 11) is 0. The van der Waals surface area contributed by atoms with Gasteiger partial charge in [0.2, 0.25) is 0 Å². The largest absolute Gasteiger partial charge is 0.514 e. The number of carbonyl (C=O) groups is 1. The number of thiazole rings is 1. The Kier molecular flexibility index (Phi) is 4.62. The van der Waals surface area contributed by atoms with Crippen molar-refractivity contribution in [3.8, 4) is 5.75 Å². The molecule has 3 rings (SSSR count). The van der Waals surface area contributed by atoms with Crippen LogP contribution in [0.4, 0.5) is 19.3 Å². The van der Waals surface area contributed by atoms with Gasteiger partial charge in [-0.3, -0.25) is 10.1 Å². The Balaban J connectivity index is 1.54. The molecule has 25 heavy (non-hydrogen) atoms. The summed E-state index contributed by atoms with van der Waals surface area (Å²) in [4.78, 5) is 26.3. The zero-order valence-corrected chi connectivity index (χ0v) is 13.6. The van der Waals surface area contributed by atoms with E-state index in [0.717, 1.165) is 11.3 Å². The molecule has 1 aromatic heterocycles. The van der Waals surface area contributed by atoms with E-state index in [1.54, 1.807) is 0 Å². The van der Waals surface area contributed by atoms with E-state index in [1.807, 2.05) is 0 Å². The number of ether oxygens (including phenoxy) is 2. The molecule has 10 heteroatoms. The van der Waals surface area contributed by atoms with Crippen LogP contribution in [0, 0.1) is 10.1 Å². The third kappa shape index (κ3) is 4.27. The minimum atomic E-state index is -2.72. The molecule has 0 fully saturated rings. The van der Waals surface area contributed by atoms with Crippen LogP contribution in [0.3, 0.4) is 0 Å². The number of benzene rings is 1. The summed E-state index contributed by atoms with van der Waals surface area (Å²) in [6, 6.07) is 4.92. The standard InChI is InChI=1S/C15H12F2N2O5S/c16-15(17)6-5-11-12(7-15)25-13(18-11)8-23-14(20)24-10-3-1-9(2-4-10)19(21)22/h1-4H,5-8H2. The number of nitrogens with zero attached hydrogens (tertiary/aromatic N) is 2. The van der Waals surface area contributed by atoms with Gasteiger partial charge in [0.25, 0.3) is 11.6 Å². The molecule has 0 unspecified atom stereocenters. The summed E-state index contributed by atoms with van der Waals surface area (Å²) in [5, 5.41) is 11.0. The Morgan fingerprint density at radius 2 is 2.08 bits per heavy atom. The number of hydrogen-bond donors (Lipinski definition) is 0. The Bertz CT molecular complexity index is 807. The van der Waals surface area contributed by atoms with Gasteiger partial charge in [0, 0.05) is 29.9 Å². The number of rotatable bonds is 4. The van der Waals surface area contributed by atoms with Crippen molar-refractivity contribution in [2.75, 3.05) is 0 Å². The van der Waals surface area contributed by atoms with Crippen LogP contribution in [-0.2, 0) is 24.2 Å². The first-order valence-electron chi connectivity index (χ1n) is 7.27. The lowest BCUT2D eigenvalue weighted by Gasteiger charge is -2.19. The molecule has 1 aliphatic carbocycles. The minimum Gasteiger partial charge on any atom is -0.427 e. The van der Waals surface area contributed by atoms with Gasteiger partial charge in [-0.05, 0) is 18.6 Å². The predicted molar refractivity (Wildman–Crippen MR) is 83.0 cm³/mol. The third-order valence-electron chi connectivity index (χ3n) is 3.53. The number of alkyl halides is 2. The number of hydrogen-bond acceptors (Lipinski definition) is 7. The average Bonchev–Trinajstić information content (AvgIpc) is 2.94. The van der Waals surface area contributed by atoms with Gasteiger partial charge >= 0.3 is 6.16 Å². The van der Waals surface area contributed by atoms with Gasteiger partial charge in [-0.25, -0.2) is 18.6 Å². The Hall–Kier alpha value is -2.62. The van der Waals surface area contributed by atoms with Gasteiger partial charge in [0.15, 0.2) is 0 Å². The van der Waals surface area contributed by atoms with Crippen LogP contribution < -0.4 is 4.74 Å². The lowest BCUT2D eigenvalue weighted by Crippen LogP contribution is -2.24. The molecule has 0 saturated heterocycles. The van der Waals surface area contributed by atoms with E-state index in [2.05, 4.69) is 4.98 Å². The van der Waals surface area contributed by atoms with Crippen molar-refractivity contribution in [2.45, 2.75) is 31.8 Å². The Labute approximate surface area is 144 Å². The highest BCUT2D eigenvalue weighted by molar-refractivity contribution is 7.11. The lowest BCUT2D eigenvalue weighted by molar-refractivity contribution is -0.384. The Morgan fingerprint density at radius 1 is 1.36 bits per heavy atom. The van der Waals surface area contributed by atoms with Crippen LogP contribution in [0.1, 0.15) is 22.0 Å². The zero-order valence-electron chi connectivity index (χ0n) is 12.7. The highest BCUT2D eigenvalue weighted by Crippen LogP contribution is 2.35. The number of nitro groups is 1. The minimum absolute atomic E-state index is 0.0914. The number of non-ortho nitro benzene ring substituents is 1. The third-order valence-corrected chi connectivity index (χ3v) is 4.60. The first-order valence-corrected chi connectivity index (χ1v) is 8.08. The van der Waals surface area contributed by atoms with E-state index in [0.29, 0.717) is 15.6 Å². The van der Waals surface area contributed by atoms with E-state index < -0.39 is 17.0 Å². The number of aryl methyl sites for hydroxylation is 1. The topological polar surface area (TPSA) is 91.6 Å². The van der Waals surface area contributed by atoms with Crippen LogP contribution in [-0.4, -0.2) is 22.0 Å². The molecule has 1 heterocycles. The number of nitro benzene ring substituents is 1. The quantitative estimate of drug-likeness (QED) is 0.351. The van der Waals surface area contributed by atoms with Gasteiger partial charge in [0.05, 0.1) is 10.6 Å². The van der Waals surface area contributed by atoms with Crippen molar-refractivity contribution in [2.24, 2.45) is 0 Å². The second-order valence-corrected chi connectivity index (χ2v) is 6.57. The molecule has 0 radical (unpaired) electrons. The van der Waals surface area contributed by atoms with E-state index in [1.165, 1.54) is 24.3 Å². The molecule has 7 nitrogen and oxygen atoms in total. The smallest absolute Gasteiger partial charge is 0.427 e. The van der Waals surface area contributed by atoms with Crippen molar-refractivity contribution < 1.29 is 28.0 Å². The molecule has 132 valence electrons. The average molecular weight is 370 g/mol. The maximum Gasteiger partial charge on any atom is 0.514 e. The molecule has 0 saturated carbocycles. The monoisotopic (exact) mass is 370 g/mol. The van der Waals surface area contributed by atoms with Crippen LogP contribution in [0.15, 0.2) is 24.3 Å². The van der Waals surface area contributed by atoms with Crippen LogP contribution in [0.5, 0.6) is 5.75 Å².